The van der Waals surface area contributed by atoms with Crippen LogP contribution in [-0.2, 0) is 0 Å². The molecule has 0 aliphatic carbocycles. The van der Waals surface area contributed by atoms with Gasteiger partial charge in [-0.3, -0.25) is 0 Å². The Kier molecular flexibility index (Phi) is 4.72. The number of aromatic hydroxyl groups is 1. The molecular formula is C14H11ClN2O3S. The zero-order chi connectivity index (χ0) is 15.4. The van der Waals surface area contributed by atoms with Crippen LogP contribution in [0.5, 0.6) is 5.75 Å². The molecule has 2 rings (SSSR count). The number of hydrogen-bond donors (Lipinski definition) is 2. The first-order valence-electron chi connectivity index (χ1n) is 5.90. The molecule has 21 heavy (non-hydrogen) atoms. The molecule has 0 unspecified atom stereocenters. The lowest BCUT2D eigenvalue weighted by atomic mass is 10.2. The molecule has 2 N–H and O–H groups in total. The molecule has 0 atom stereocenters. The van der Waals surface area contributed by atoms with Gasteiger partial charge in [-0.25, -0.2) is 9.79 Å². The Morgan fingerprint density at radius 2 is 2.19 bits per heavy atom. The minimum Gasteiger partial charge on any atom is -0.507 e. The second-order valence-electron chi connectivity index (χ2n) is 4.11. The number of nitrogens with zero attached hydrogens (tertiary/aromatic N) is 1. The van der Waals surface area contributed by atoms with Crippen LogP contribution in [0.15, 0.2) is 44.5 Å². The maximum absolute atomic E-state index is 11.6. The lowest BCUT2D eigenvalue weighted by Gasteiger charge is -2.05. The Bertz CT molecular complexity index is 771. The molecule has 0 amide bonds. The maximum Gasteiger partial charge on any atom is 0.348 e. The highest BCUT2D eigenvalue weighted by molar-refractivity contribution is 7.80. The number of para-hydroxylation sites is 1. The molecule has 0 aliphatic heterocycles. The van der Waals surface area contributed by atoms with E-state index in [0.29, 0.717) is 16.5 Å². The number of nitrogens with one attached hydrogen (secondary N) is 1. The lowest BCUT2D eigenvalue weighted by Crippen LogP contribution is -2.11. The van der Waals surface area contributed by atoms with Crippen LogP contribution in [0.4, 0.5) is 5.69 Å². The van der Waals surface area contributed by atoms with Crippen LogP contribution in [0.3, 0.4) is 0 Å². The summed E-state index contributed by atoms with van der Waals surface area (Å²) >= 11 is 11.0. The molecule has 0 saturated carbocycles. The average molecular weight is 323 g/mol. The molecule has 0 saturated heterocycles. The lowest BCUT2D eigenvalue weighted by molar-refractivity contribution is 0.433. The smallest absolute Gasteiger partial charge is 0.348 e. The van der Waals surface area contributed by atoms with E-state index in [0.717, 1.165) is 6.21 Å². The van der Waals surface area contributed by atoms with Crippen LogP contribution in [0.1, 0.15) is 11.3 Å². The zero-order valence-corrected chi connectivity index (χ0v) is 12.5. The van der Waals surface area contributed by atoms with Gasteiger partial charge in [0.05, 0.1) is 10.7 Å². The highest BCUT2D eigenvalue weighted by Gasteiger charge is 2.07. The highest BCUT2D eigenvalue weighted by atomic mass is 35.5. The number of thiocarbonyl (C=S) groups is 1. The van der Waals surface area contributed by atoms with Gasteiger partial charge in [0.25, 0.3) is 0 Å². The first kappa shape index (κ1) is 15.2. The minimum atomic E-state index is -0.684. The van der Waals surface area contributed by atoms with E-state index in [1.807, 2.05) is 0 Å². The first-order valence-corrected chi connectivity index (χ1v) is 6.69. The number of rotatable bonds is 2. The van der Waals surface area contributed by atoms with Crippen molar-refractivity contribution >= 4 is 40.8 Å². The van der Waals surface area contributed by atoms with Crippen molar-refractivity contribution in [2.24, 2.45) is 4.99 Å². The third-order valence-electron chi connectivity index (χ3n) is 2.52. The Labute approximate surface area is 130 Å². The number of benzene rings is 1. The van der Waals surface area contributed by atoms with Crippen molar-refractivity contribution in [1.29, 1.82) is 0 Å². The molecule has 1 aromatic carbocycles. The predicted octanol–water partition coefficient (Wildman–Crippen LogP) is 3.12. The Morgan fingerprint density at radius 1 is 1.48 bits per heavy atom. The number of aliphatic imine (C=N–C) groups is 1. The molecular weight excluding hydrogens is 312 g/mol. The average Bonchev–Trinajstić information content (AvgIpc) is 2.40. The molecule has 0 spiro atoms. The van der Waals surface area contributed by atoms with E-state index >= 15 is 0 Å². The minimum absolute atomic E-state index is 0.0658. The molecule has 0 fully saturated rings. The van der Waals surface area contributed by atoms with Crippen LogP contribution >= 0.6 is 23.8 Å². The molecule has 0 aliphatic rings. The van der Waals surface area contributed by atoms with Crippen molar-refractivity contribution < 1.29 is 9.52 Å². The van der Waals surface area contributed by atoms with Crippen molar-refractivity contribution in [3.05, 3.63) is 57.1 Å². The molecule has 5 nitrogen and oxygen atoms in total. The maximum atomic E-state index is 11.6. The highest BCUT2D eigenvalue weighted by Crippen LogP contribution is 2.20. The summed E-state index contributed by atoms with van der Waals surface area (Å²) in [7, 11) is 0. The van der Waals surface area contributed by atoms with E-state index in [2.05, 4.69) is 10.3 Å². The molecule has 2 aromatic rings. The van der Waals surface area contributed by atoms with Crippen LogP contribution in [0.25, 0.3) is 0 Å². The molecule has 0 radical (unpaired) electrons. The van der Waals surface area contributed by atoms with Crippen LogP contribution in [0.2, 0.25) is 5.02 Å². The van der Waals surface area contributed by atoms with E-state index in [9.17, 15) is 9.90 Å². The summed E-state index contributed by atoms with van der Waals surface area (Å²) in [4.78, 5) is 15.5. The van der Waals surface area contributed by atoms with Gasteiger partial charge >= 0.3 is 5.63 Å². The van der Waals surface area contributed by atoms with Crippen molar-refractivity contribution in [2.45, 2.75) is 6.92 Å². The zero-order valence-electron chi connectivity index (χ0n) is 11.0. The van der Waals surface area contributed by atoms with Crippen molar-refractivity contribution in [3.63, 3.8) is 0 Å². The van der Waals surface area contributed by atoms with Crippen molar-refractivity contribution in [1.82, 2.24) is 0 Å². The fourth-order valence-electron chi connectivity index (χ4n) is 1.56. The van der Waals surface area contributed by atoms with E-state index in [1.54, 1.807) is 31.2 Å². The SMILES string of the molecule is Cc1cc(O)c(/C=N/C(=S)Nc2ccccc2Cl)c(=O)o1. The van der Waals surface area contributed by atoms with Crippen molar-refractivity contribution in [2.75, 3.05) is 5.32 Å². The van der Waals surface area contributed by atoms with Gasteiger partial charge in [0.1, 0.15) is 17.1 Å². The summed E-state index contributed by atoms with van der Waals surface area (Å²) in [5.41, 5.74) is -0.151. The van der Waals surface area contributed by atoms with Gasteiger partial charge in [0.2, 0.25) is 0 Å². The monoisotopic (exact) mass is 322 g/mol. The van der Waals surface area contributed by atoms with E-state index in [4.69, 9.17) is 28.2 Å². The standard InChI is InChI=1S/C14H11ClN2O3S/c1-8-6-12(18)9(13(19)20-8)7-16-14(21)17-11-5-3-2-4-10(11)15/h2-7,18H,1H3,(H,17,21)/b16-7+. The molecule has 1 aromatic heterocycles. The summed E-state index contributed by atoms with van der Waals surface area (Å²) < 4.78 is 4.87. The van der Waals surface area contributed by atoms with Gasteiger partial charge in [-0.1, -0.05) is 23.7 Å². The third kappa shape index (κ3) is 3.90. The summed E-state index contributed by atoms with van der Waals surface area (Å²) in [5, 5.41) is 13.1. The Balaban J connectivity index is 2.17. The predicted molar refractivity (Wildman–Crippen MR) is 86.6 cm³/mol. The second-order valence-corrected chi connectivity index (χ2v) is 4.91. The van der Waals surface area contributed by atoms with Gasteiger partial charge < -0.3 is 14.8 Å². The fourth-order valence-corrected chi connectivity index (χ4v) is 1.90. The first-order chi connectivity index (χ1) is 9.97. The van der Waals surface area contributed by atoms with Crippen molar-refractivity contribution in [3.8, 4) is 5.75 Å². The number of anilines is 1. The van der Waals surface area contributed by atoms with Gasteiger partial charge in [-0.05, 0) is 31.3 Å². The van der Waals surface area contributed by atoms with Crippen LogP contribution in [0, 0.1) is 6.92 Å². The van der Waals surface area contributed by atoms with E-state index in [1.165, 1.54) is 6.07 Å². The Hall–Kier alpha value is -2.18. The summed E-state index contributed by atoms with van der Waals surface area (Å²) in [6, 6.07) is 8.35. The Morgan fingerprint density at radius 3 is 2.86 bits per heavy atom. The van der Waals surface area contributed by atoms with Gasteiger partial charge in [-0.2, -0.15) is 0 Å². The summed E-state index contributed by atoms with van der Waals surface area (Å²) in [6.45, 7) is 1.56. The normalized spacial score (nSPS) is 10.8. The van der Waals surface area contributed by atoms with Gasteiger partial charge in [0, 0.05) is 12.3 Å². The number of hydrogen-bond acceptors (Lipinski definition) is 4. The largest absolute Gasteiger partial charge is 0.507 e. The van der Waals surface area contributed by atoms with E-state index in [-0.39, 0.29) is 16.4 Å². The number of aryl methyl sites for hydroxylation is 1. The summed E-state index contributed by atoms with van der Waals surface area (Å²) in [5.74, 6) is 0.0967. The van der Waals surface area contributed by atoms with Crippen LogP contribution in [-0.4, -0.2) is 16.4 Å². The number of halogens is 1. The fraction of sp³-hybridized carbons (Fsp3) is 0.0714. The van der Waals surface area contributed by atoms with Gasteiger partial charge in [-0.15, -0.1) is 0 Å². The molecule has 0 bridgehead atoms. The second kappa shape index (κ2) is 6.51. The topological polar surface area (TPSA) is 74.8 Å². The third-order valence-corrected chi connectivity index (χ3v) is 3.05. The van der Waals surface area contributed by atoms with Crippen LogP contribution < -0.4 is 10.9 Å². The molecule has 1 heterocycles. The summed E-state index contributed by atoms with van der Waals surface area (Å²) in [6.07, 6.45) is 1.15. The van der Waals surface area contributed by atoms with E-state index < -0.39 is 5.63 Å². The quantitative estimate of drug-likeness (QED) is 0.656. The molecule has 7 heteroatoms. The molecule has 108 valence electrons. The van der Waals surface area contributed by atoms with Gasteiger partial charge in [0.15, 0.2) is 5.11 Å².